The number of esters is 1. The Bertz CT molecular complexity index is 1530. The average molecular weight is 602 g/mol. The number of halogens is 2. The van der Waals surface area contributed by atoms with Crippen LogP contribution in [-0.4, -0.2) is 55.0 Å². The van der Waals surface area contributed by atoms with Gasteiger partial charge in [0.1, 0.15) is 12.0 Å². The van der Waals surface area contributed by atoms with Gasteiger partial charge in [0.2, 0.25) is 15.9 Å². The number of anilines is 1. The van der Waals surface area contributed by atoms with Gasteiger partial charge in [-0.1, -0.05) is 68.4 Å². The van der Waals surface area contributed by atoms with Gasteiger partial charge in [0.25, 0.3) is 0 Å². The average Bonchev–Trinajstić information content (AvgIpc) is 2.92. The molecule has 12 heteroatoms. The smallest absolute Gasteiger partial charge is 0.387 e. The summed E-state index contributed by atoms with van der Waals surface area (Å²) in [5.41, 5.74) is 1.45. The number of aromatic nitrogens is 1. The molecule has 4 rings (SSSR count). The zero-order valence-corrected chi connectivity index (χ0v) is 24.4. The van der Waals surface area contributed by atoms with Crippen molar-refractivity contribution in [2.24, 2.45) is 0 Å². The number of nitrogens with zero attached hydrogens (tertiary/aromatic N) is 2. The summed E-state index contributed by atoms with van der Waals surface area (Å²) >= 11 is 0. The number of benzene rings is 2. The Morgan fingerprint density at radius 1 is 1.07 bits per heavy atom. The Morgan fingerprint density at radius 2 is 1.74 bits per heavy atom. The van der Waals surface area contributed by atoms with Crippen molar-refractivity contribution in [2.75, 3.05) is 24.2 Å². The summed E-state index contributed by atoms with van der Waals surface area (Å²) in [4.78, 5) is 30.2. The van der Waals surface area contributed by atoms with Crippen LogP contribution in [0, 0.1) is 6.92 Å². The maximum absolute atomic E-state index is 13.9. The Hall–Kier alpha value is -3.90. The lowest BCUT2D eigenvalue weighted by Crippen LogP contribution is -2.66. The number of alkyl halides is 2. The topological polar surface area (TPSA) is 115 Å². The Morgan fingerprint density at radius 3 is 2.40 bits per heavy atom. The second-order valence-electron chi connectivity index (χ2n) is 10.5. The van der Waals surface area contributed by atoms with Gasteiger partial charge in [-0.05, 0) is 41.2 Å². The molecule has 0 radical (unpaired) electrons. The molecule has 1 saturated heterocycles. The number of rotatable bonds is 12. The SMILES string of the molecule is Cc1cnc(NC(=O)C2(c3ccccc3C(C)C)CN(S(=O)(=O)CCC(=O)OCc3ccccc3)C2)c(OC(F)F)c1. The number of nitrogens with one attached hydrogen (secondary N) is 1. The molecule has 1 aliphatic rings. The second-order valence-corrected chi connectivity index (χ2v) is 12.6. The van der Waals surface area contributed by atoms with Crippen LogP contribution in [-0.2, 0) is 36.4 Å². The number of sulfonamides is 1. The zero-order chi connectivity index (χ0) is 30.5. The van der Waals surface area contributed by atoms with Crippen molar-refractivity contribution in [3.63, 3.8) is 0 Å². The van der Waals surface area contributed by atoms with Crippen molar-refractivity contribution in [2.45, 2.75) is 51.7 Å². The maximum Gasteiger partial charge on any atom is 0.387 e. The molecule has 0 unspecified atom stereocenters. The van der Waals surface area contributed by atoms with Crippen LogP contribution in [0.15, 0.2) is 66.9 Å². The number of carbonyl (C=O) groups excluding carboxylic acids is 2. The molecule has 1 aromatic heterocycles. The second kappa shape index (κ2) is 13.0. The lowest BCUT2D eigenvalue weighted by molar-refractivity contribution is -0.144. The first-order chi connectivity index (χ1) is 19.9. The van der Waals surface area contributed by atoms with Gasteiger partial charge in [-0.2, -0.15) is 13.1 Å². The predicted molar refractivity (Wildman–Crippen MR) is 153 cm³/mol. The first-order valence-corrected chi connectivity index (χ1v) is 15.0. The highest BCUT2D eigenvalue weighted by Gasteiger charge is 2.55. The molecule has 42 heavy (non-hydrogen) atoms. The van der Waals surface area contributed by atoms with Crippen molar-refractivity contribution in [3.05, 3.63) is 89.1 Å². The molecule has 0 saturated carbocycles. The van der Waals surface area contributed by atoms with Crippen LogP contribution in [0.2, 0.25) is 0 Å². The number of hydrogen-bond acceptors (Lipinski definition) is 7. The molecular weight excluding hydrogens is 568 g/mol. The van der Waals surface area contributed by atoms with Crippen LogP contribution in [0.3, 0.4) is 0 Å². The van der Waals surface area contributed by atoms with Gasteiger partial charge in [0.05, 0.1) is 12.2 Å². The third-order valence-electron chi connectivity index (χ3n) is 7.06. The molecule has 0 aliphatic carbocycles. The molecule has 2 heterocycles. The highest BCUT2D eigenvalue weighted by molar-refractivity contribution is 7.89. The Labute approximate surface area is 243 Å². The quantitative estimate of drug-likeness (QED) is 0.298. The van der Waals surface area contributed by atoms with Crippen molar-refractivity contribution in [1.29, 1.82) is 0 Å². The van der Waals surface area contributed by atoms with E-state index in [-0.39, 0.29) is 43.6 Å². The molecule has 2 aromatic carbocycles. The molecule has 1 aliphatic heterocycles. The number of carbonyl (C=O) groups is 2. The molecule has 224 valence electrons. The number of hydrogen-bond donors (Lipinski definition) is 1. The van der Waals surface area contributed by atoms with E-state index in [1.807, 2.05) is 32.0 Å². The summed E-state index contributed by atoms with van der Waals surface area (Å²) in [7, 11) is -3.94. The van der Waals surface area contributed by atoms with Gasteiger partial charge in [0.15, 0.2) is 11.6 Å². The lowest BCUT2D eigenvalue weighted by atomic mass is 9.71. The highest BCUT2D eigenvalue weighted by Crippen LogP contribution is 2.41. The van der Waals surface area contributed by atoms with Gasteiger partial charge in [-0.25, -0.2) is 13.4 Å². The summed E-state index contributed by atoms with van der Waals surface area (Å²) in [6, 6.07) is 17.6. The number of ether oxygens (including phenoxy) is 2. The van der Waals surface area contributed by atoms with Crippen molar-refractivity contribution >= 4 is 27.7 Å². The van der Waals surface area contributed by atoms with Gasteiger partial charge in [0, 0.05) is 19.3 Å². The zero-order valence-electron chi connectivity index (χ0n) is 23.5. The van der Waals surface area contributed by atoms with Gasteiger partial charge in [-0.3, -0.25) is 9.59 Å². The molecule has 1 N–H and O–H groups in total. The van der Waals surface area contributed by atoms with Crippen LogP contribution >= 0.6 is 0 Å². The van der Waals surface area contributed by atoms with Crippen LogP contribution in [0.5, 0.6) is 5.75 Å². The van der Waals surface area contributed by atoms with Crippen molar-refractivity contribution in [1.82, 2.24) is 9.29 Å². The van der Waals surface area contributed by atoms with E-state index in [0.717, 1.165) is 15.4 Å². The lowest BCUT2D eigenvalue weighted by Gasteiger charge is -2.49. The standard InChI is InChI=1S/C30H33F2N3O6S/c1-20(2)23-11-7-8-12-24(23)30(28(37)34-27-25(41-29(31)32)15-21(3)16-33-27)18-35(19-30)42(38,39)14-13-26(36)40-17-22-9-5-4-6-10-22/h4-12,15-16,20,29H,13-14,17-19H2,1-3H3,(H,33,34,37). The Balaban J connectivity index is 1.53. The predicted octanol–water partition coefficient (Wildman–Crippen LogP) is 4.77. The summed E-state index contributed by atoms with van der Waals surface area (Å²) in [6.45, 7) is 2.03. The molecule has 0 atom stereocenters. The molecule has 9 nitrogen and oxygen atoms in total. The normalized spacial score (nSPS) is 14.8. The third-order valence-corrected chi connectivity index (χ3v) is 8.83. The Kier molecular flexibility index (Phi) is 9.57. The molecule has 1 amide bonds. The van der Waals surface area contributed by atoms with Crippen LogP contribution in [0.1, 0.15) is 48.4 Å². The summed E-state index contributed by atoms with van der Waals surface area (Å²) in [5, 5.41) is 2.60. The van der Waals surface area contributed by atoms with E-state index in [4.69, 9.17) is 4.74 Å². The maximum atomic E-state index is 13.9. The molecule has 0 spiro atoms. The van der Waals surface area contributed by atoms with E-state index in [2.05, 4.69) is 15.0 Å². The fourth-order valence-corrected chi connectivity index (χ4v) is 6.34. The van der Waals surface area contributed by atoms with Gasteiger partial charge < -0.3 is 14.8 Å². The molecular formula is C30H33F2N3O6S. The number of pyridine rings is 1. The third kappa shape index (κ3) is 7.11. The summed E-state index contributed by atoms with van der Waals surface area (Å²) < 4.78 is 63.4. The van der Waals surface area contributed by atoms with Gasteiger partial charge >= 0.3 is 12.6 Å². The number of amides is 1. The van der Waals surface area contributed by atoms with E-state index >= 15 is 0 Å². The first-order valence-electron chi connectivity index (χ1n) is 13.4. The minimum atomic E-state index is -3.94. The van der Waals surface area contributed by atoms with Crippen LogP contribution < -0.4 is 10.1 Å². The number of aryl methyl sites for hydroxylation is 1. The van der Waals surface area contributed by atoms with Gasteiger partial charge in [-0.15, -0.1) is 0 Å². The van der Waals surface area contributed by atoms with E-state index in [1.54, 1.807) is 43.3 Å². The molecule has 1 fully saturated rings. The monoisotopic (exact) mass is 601 g/mol. The summed E-state index contributed by atoms with van der Waals surface area (Å²) in [6.07, 6.45) is 1.05. The van der Waals surface area contributed by atoms with Crippen molar-refractivity contribution in [3.8, 4) is 5.75 Å². The van der Waals surface area contributed by atoms with Crippen LogP contribution in [0.4, 0.5) is 14.6 Å². The molecule has 3 aromatic rings. The van der Waals surface area contributed by atoms with E-state index in [9.17, 15) is 26.8 Å². The summed E-state index contributed by atoms with van der Waals surface area (Å²) in [5.74, 6) is -2.26. The fraction of sp³-hybridized carbons (Fsp3) is 0.367. The minimum Gasteiger partial charge on any atom is -0.461 e. The van der Waals surface area contributed by atoms with E-state index in [1.165, 1.54) is 12.3 Å². The van der Waals surface area contributed by atoms with Crippen LogP contribution in [0.25, 0.3) is 0 Å². The first kappa shape index (κ1) is 31.0. The fourth-order valence-electron chi connectivity index (χ4n) is 4.83. The highest BCUT2D eigenvalue weighted by atomic mass is 32.2. The van der Waals surface area contributed by atoms with E-state index < -0.39 is 39.7 Å². The van der Waals surface area contributed by atoms with E-state index in [0.29, 0.717) is 11.1 Å². The van der Waals surface area contributed by atoms with Crippen molar-refractivity contribution < 1.29 is 36.3 Å². The minimum absolute atomic E-state index is 0.00569. The largest absolute Gasteiger partial charge is 0.461 e. The molecule has 0 bridgehead atoms.